The van der Waals surface area contributed by atoms with Crippen LogP contribution in [0, 0.1) is 0 Å². The second-order valence-corrected chi connectivity index (χ2v) is 4.16. The first-order valence-electron chi connectivity index (χ1n) is 5.01. The zero-order valence-corrected chi connectivity index (χ0v) is 9.87. The zero-order chi connectivity index (χ0) is 11.2. The van der Waals surface area contributed by atoms with Crippen LogP contribution in [0.15, 0.2) is 47.8 Å². The zero-order valence-electron chi connectivity index (χ0n) is 9.05. The van der Waals surface area contributed by atoms with Crippen molar-refractivity contribution in [2.24, 2.45) is 0 Å². The van der Waals surface area contributed by atoms with E-state index in [1.807, 2.05) is 6.07 Å². The summed E-state index contributed by atoms with van der Waals surface area (Å²) in [7, 11) is 0. The molecule has 0 amide bonds. The van der Waals surface area contributed by atoms with Crippen LogP contribution in [0.1, 0.15) is 5.69 Å². The largest absolute Gasteiger partial charge is 0.379 e. The van der Waals surface area contributed by atoms with E-state index in [2.05, 4.69) is 45.8 Å². The molecule has 0 saturated heterocycles. The molecule has 2 rings (SSSR count). The van der Waals surface area contributed by atoms with Gasteiger partial charge in [-0.25, -0.2) is 9.97 Å². The molecule has 0 bridgehead atoms. The molecule has 0 fully saturated rings. The molecule has 1 N–H and O–H groups in total. The van der Waals surface area contributed by atoms with Gasteiger partial charge < -0.3 is 5.32 Å². The Bertz CT molecular complexity index is 428. The molecule has 3 nitrogen and oxygen atoms in total. The van der Waals surface area contributed by atoms with E-state index >= 15 is 0 Å². The minimum Gasteiger partial charge on any atom is -0.379 e. The van der Waals surface area contributed by atoms with Crippen LogP contribution in [0.5, 0.6) is 0 Å². The van der Waals surface area contributed by atoms with E-state index in [4.69, 9.17) is 0 Å². The van der Waals surface area contributed by atoms with E-state index in [1.54, 1.807) is 24.3 Å². The van der Waals surface area contributed by atoms with Gasteiger partial charge in [0.25, 0.3) is 0 Å². The number of thioether (sulfide) groups is 1. The van der Waals surface area contributed by atoms with Gasteiger partial charge in [-0.2, -0.15) is 0 Å². The fourth-order valence-electron chi connectivity index (χ4n) is 1.32. The highest BCUT2D eigenvalue weighted by Crippen LogP contribution is 2.17. The quantitative estimate of drug-likeness (QED) is 0.821. The molecule has 16 heavy (non-hydrogen) atoms. The molecule has 0 unspecified atom stereocenters. The van der Waals surface area contributed by atoms with Crippen LogP contribution in [0.2, 0.25) is 0 Å². The Morgan fingerprint density at radius 2 is 2.00 bits per heavy atom. The maximum atomic E-state index is 4.15. The Kier molecular flexibility index (Phi) is 3.77. The van der Waals surface area contributed by atoms with Crippen LogP contribution < -0.4 is 5.32 Å². The molecule has 1 aromatic carbocycles. The number of nitrogens with one attached hydrogen (secondary N) is 1. The first-order valence-corrected chi connectivity index (χ1v) is 6.24. The topological polar surface area (TPSA) is 37.8 Å². The molecule has 0 aliphatic rings. The van der Waals surface area contributed by atoms with Gasteiger partial charge in [0.05, 0.1) is 12.2 Å². The lowest BCUT2D eigenvalue weighted by Crippen LogP contribution is -2.01. The molecule has 0 spiro atoms. The Balaban J connectivity index is 1.94. The van der Waals surface area contributed by atoms with Crippen molar-refractivity contribution in [3.63, 3.8) is 0 Å². The fourth-order valence-corrected chi connectivity index (χ4v) is 1.73. The highest BCUT2D eigenvalue weighted by molar-refractivity contribution is 7.98. The maximum Gasteiger partial charge on any atom is 0.115 e. The van der Waals surface area contributed by atoms with Gasteiger partial charge in [0.1, 0.15) is 6.33 Å². The molecule has 4 heteroatoms. The van der Waals surface area contributed by atoms with E-state index in [0.29, 0.717) is 0 Å². The molecule has 0 atom stereocenters. The third kappa shape index (κ3) is 2.97. The summed E-state index contributed by atoms with van der Waals surface area (Å²) in [5, 5.41) is 3.31. The van der Waals surface area contributed by atoms with Crippen LogP contribution >= 0.6 is 11.8 Å². The van der Waals surface area contributed by atoms with Crippen molar-refractivity contribution in [3.05, 3.63) is 48.5 Å². The van der Waals surface area contributed by atoms with Crippen molar-refractivity contribution in [2.75, 3.05) is 11.6 Å². The second-order valence-electron chi connectivity index (χ2n) is 3.28. The standard InChI is InChI=1S/C12H13N3S/c1-16-12-4-2-10(3-5-12)14-8-11-6-7-13-9-15-11/h2-7,9,14H,8H2,1H3. The van der Waals surface area contributed by atoms with Crippen LogP contribution in [0.25, 0.3) is 0 Å². The summed E-state index contributed by atoms with van der Waals surface area (Å²) < 4.78 is 0. The van der Waals surface area contributed by atoms with Crippen molar-refractivity contribution in [1.82, 2.24) is 9.97 Å². The highest BCUT2D eigenvalue weighted by atomic mass is 32.2. The Hall–Kier alpha value is -1.55. The highest BCUT2D eigenvalue weighted by Gasteiger charge is 1.95. The minimum atomic E-state index is 0.723. The lowest BCUT2D eigenvalue weighted by molar-refractivity contribution is 1.01. The van der Waals surface area contributed by atoms with Crippen LogP contribution in [0.4, 0.5) is 5.69 Å². The summed E-state index contributed by atoms with van der Waals surface area (Å²) in [5.41, 5.74) is 2.10. The van der Waals surface area contributed by atoms with Crippen molar-refractivity contribution in [2.45, 2.75) is 11.4 Å². The van der Waals surface area contributed by atoms with E-state index in [-0.39, 0.29) is 0 Å². The summed E-state index contributed by atoms with van der Waals surface area (Å²) in [4.78, 5) is 9.30. The average molecular weight is 231 g/mol. The monoisotopic (exact) mass is 231 g/mol. The summed E-state index contributed by atoms with van der Waals surface area (Å²) in [5.74, 6) is 0. The first-order chi connectivity index (χ1) is 7.88. The number of benzene rings is 1. The molecule has 0 aliphatic carbocycles. The third-order valence-corrected chi connectivity index (χ3v) is 2.95. The third-order valence-electron chi connectivity index (χ3n) is 2.21. The van der Waals surface area contributed by atoms with Crippen LogP contribution in [-0.4, -0.2) is 16.2 Å². The molecule has 2 aromatic rings. The summed E-state index contributed by atoms with van der Waals surface area (Å²) in [6.07, 6.45) is 5.39. The molecule has 0 saturated carbocycles. The molecular formula is C12H13N3S. The minimum absolute atomic E-state index is 0.723. The number of rotatable bonds is 4. The van der Waals surface area contributed by atoms with Crippen molar-refractivity contribution in [1.29, 1.82) is 0 Å². The normalized spacial score (nSPS) is 10.1. The van der Waals surface area contributed by atoms with Crippen LogP contribution in [-0.2, 0) is 6.54 Å². The van der Waals surface area contributed by atoms with E-state index in [0.717, 1.165) is 17.9 Å². The molecule has 1 aromatic heterocycles. The van der Waals surface area contributed by atoms with Gasteiger partial charge >= 0.3 is 0 Å². The van der Waals surface area contributed by atoms with Gasteiger partial charge in [-0.15, -0.1) is 11.8 Å². The van der Waals surface area contributed by atoms with Crippen LogP contribution in [0.3, 0.4) is 0 Å². The Morgan fingerprint density at radius 1 is 1.19 bits per heavy atom. The van der Waals surface area contributed by atoms with Crippen molar-refractivity contribution < 1.29 is 0 Å². The predicted octanol–water partition coefficient (Wildman–Crippen LogP) is 2.81. The number of hydrogen-bond donors (Lipinski definition) is 1. The smallest absolute Gasteiger partial charge is 0.115 e. The number of anilines is 1. The van der Waals surface area contributed by atoms with Crippen molar-refractivity contribution >= 4 is 17.4 Å². The molecule has 0 radical (unpaired) electrons. The van der Waals surface area contributed by atoms with Gasteiger partial charge in [0.15, 0.2) is 0 Å². The van der Waals surface area contributed by atoms with Crippen molar-refractivity contribution in [3.8, 4) is 0 Å². The predicted molar refractivity (Wildman–Crippen MR) is 67.6 cm³/mol. The number of nitrogens with zero attached hydrogens (tertiary/aromatic N) is 2. The SMILES string of the molecule is CSc1ccc(NCc2ccncn2)cc1. The lowest BCUT2D eigenvalue weighted by atomic mass is 10.3. The Morgan fingerprint density at radius 3 is 2.62 bits per heavy atom. The number of aromatic nitrogens is 2. The Labute approximate surface area is 99.3 Å². The number of hydrogen-bond acceptors (Lipinski definition) is 4. The van der Waals surface area contributed by atoms with Gasteiger partial charge in [-0.05, 0) is 36.6 Å². The summed E-state index contributed by atoms with van der Waals surface area (Å²) in [6, 6.07) is 10.3. The first kappa shape index (κ1) is 11.0. The van der Waals surface area contributed by atoms with E-state index in [9.17, 15) is 0 Å². The summed E-state index contributed by atoms with van der Waals surface area (Å²) in [6.45, 7) is 0.723. The molecule has 0 aliphatic heterocycles. The van der Waals surface area contributed by atoms with E-state index in [1.165, 1.54) is 4.90 Å². The van der Waals surface area contributed by atoms with E-state index < -0.39 is 0 Å². The molecule has 1 heterocycles. The second kappa shape index (κ2) is 5.51. The van der Waals surface area contributed by atoms with Gasteiger partial charge in [0.2, 0.25) is 0 Å². The lowest BCUT2D eigenvalue weighted by Gasteiger charge is -2.05. The molecular weight excluding hydrogens is 218 g/mol. The summed E-state index contributed by atoms with van der Waals surface area (Å²) >= 11 is 1.74. The van der Waals surface area contributed by atoms with Gasteiger partial charge in [-0.1, -0.05) is 0 Å². The fraction of sp³-hybridized carbons (Fsp3) is 0.167. The van der Waals surface area contributed by atoms with Gasteiger partial charge in [-0.3, -0.25) is 0 Å². The van der Waals surface area contributed by atoms with Gasteiger partial charge in [0, 0.05) is 16.8 Å². The maximum absolute atomic E-state index is 4.15. The molecule has 82 valence electrons. The average Bonchev–Trinajstić information content (AvgIpc) is 2.38.